The Morgan fingerprint density at radius 1 is 0.370 bits per heavy atom. The van der Waals surface area contributed by atoms with E-state index in [0.717, 1.165) is 57.3 Å². The summed E-state index contributed by atoms with van der Waals surface area (Å²) >= 11 is 0. The molecule has 6 heteroatoms. The van der Waals surface area contributed by atoms with E-state index in [4.69, 9.17) is 9.97 Å². The Hall–Kier alpha value is -6.14. The molecule has 0 atom stereocenters. The number of benzene rings is 3. The summed E-state index contributed by atoms with van der Waals surface area (Å²) in [6.45, 7) is 0. The third-order valence-corrected chi connectivity index (χ3v) is 8.86. The van der Waals surface area contributed by atoms with E-state index in [9.17, 15) is 0 Å². The number of hydrogen-bond acceptors (Lipinski definition) is 4. The molecular weight excluding hydrogens is 564 g/mol. The second kappa shape index (κ2) is 10.8. The lowest BCUT2D eigenvalue weighted by Crippen LogP contribution is -1.99. The molecular formula is C40H28N6. The van der Waals surface area contributed by atoms with E-state index in [-0.39, 0.29) is 0 Å². The Morgan fingerprint density at radius 2 is 0.783 bits per heavy atom. The third kappa shape index (κ3) is 4.42. The predicted octanol–water partition coefficient (Wildman–Crippen LogP) is 8.64. The van der Waals surface area contributed by atoms with Crippen molar-refractivity contribution < 1.29 is 0 Å². The van der Waals surface area contributed by atoms with Crippen LogP contribution in [0.15, 0.2) is 146 Å². The molecule has 6 heterocycles. The van der Waals surface area contributed by atoms with Crippen LogP contribution in [0.5, 0.6) is 0 Å². The molecule has 3 aromatic carbocycles. The van der Waals surface area contributed by atoms with Gasteiger partial charge in [-0.2, -0.15) is 0 Å². The summed E-state index contributed by atoms with van der Waals surface area (Å²) in [6.07, 6.45) is 13.2. The molecule has 6 nitrogen and oxygen atoms in total. The highest BCUT2D eigenvalue weighted by atomic mass is 15.1. The van der Waals surface area contributed by atoms with Crippen molar-refractivity contribution in [2.24, 2.45) is 0 Å². The zero-order valence-corrected chi connectivity index (χ0v) is 25.0. The van der Waals surface area contributed by atoms with Crippen LogP contribution in [-0.4, -0.2) is 29.1 Å². The maximum absolute atomic E-state index is 4.88. The number of para-hydroxylation sites is 2. The highest BCUT2D eigenvalue weighted by Crippen LogP contribution is 2.32. The standard InChI is InChI=1S/C40H28N6/c1-3-7-35-31(5-1)33-25-41-19-17-37(33)45(35)39-15-13-29(23-43-39)21-27-9-11-28(12-10-27)22-30-14-16-40(44-24-30)46-36-8-4-2-6-32(36)34-26-42-20-18-38(34)46/h1-20,23-26H,21-22H2. The first-order valence-electron chi connectivity index (χ1n) is 15.4. The van der Waals surface area contributed by atoms with Crippen molar-refractivity contribution in [1.29, 1.82) is 0 Å². The van der Waals surface area contributed by atoms with Crippen molar-refractivity contribution in [2.45, 2.75) is 12.8 Å². The molecule has 0 aliphatic heterocycles. The Bertz CT molecular complexity index is 2220. The van der Waals surface area contributed by atoms with Crippen molar-refractivity contribution in [1.82, 2.24) is 29.1 Å². The maximum atomic E-state index is 4.88. The molecule has 0 aliphatic carbocycles. The van der Waals surface area contributed by atoms with Gasteiger partial charge >= 0.3 is 0 Å². The van der Waals surface area contributed by atoms with Crippen molar-refractivity contribution in [3.8, 4) is 11.6 Å². The fraction of sp³-hybridized carbons (Fsp3) is 0.0500. The van der Waals surface area contributed by atoms with Crippen LogP contribution in [0.1, 0.15) is 22.3 Å². The molecule has 0 spiro atoms. The highest BCUT2D eigenvalue weighted by Gasteiger charge is 2.14. The summed E-state index contributed by atoms with van der Waals surface area (Å²) < 4.78 is 4.43. The average Bonchev–Trinajstić information content (AvgIpc) is 3.63. The topological polar surface area (TPSA) is 61.4 Å². The van der Waals surface area contributed by atoms with Gasteiger partial charge in [0.1, 0.15) is 11.6 Å². The lowest BCUT2D eigenvalue weighted by Gasteiger charge is -2.09. The molecule has 0 radical (unpaired) electrons. The number of hydrogen-bond donors (Lipinski definition) is 0. The van der Waals surface area contributed by atoms with Crippen LogP contribution in [0.3, 0.4) is 0 Å². The molecule has 6 aromatic heterocycles. The predicted molar refractivity (Wildman–Crippen MR) is 185 cm³/mol. The second-order valence-electron chi connectivity index (χ2n) is 11.7. The number of pyridine rings is 4. The Labute approximate surface area is 265 Å². The van der Waals surface area contributed by atoms with Crippen LogP contribution < -0.4 is 0 Å². The molecule has 0 fully saturated rings. The van der Waals surface area contributed by atoms with E-state index >= 15 is 0 Å². The van der Waals surface area contributed by atoms with E-state index < -0.39 is 0 Å². The van der Waals surface area contributed by atoms with E-state index in [0.29, 0.717) is 0 Å². The minimum Gasteiger partial charge on any atom is -0.294 e. The van der Waals surface area contributed by atoms with Crippen LogP contribution >= 0.6 is 0 Å². The molecule has 0 saturated carbocycles. The zero-order chi connectivity index (χ0) is 30.5. The van der Waals surface area contributed by atoms with Gasteiger partial charge in [0.25, 0.3) is 0 Å². The molecule has 0 saturated heterocycles. The van der Waals surface area contributed by atoms with Gasteiger partial charge in [0, 0.05) is 58.7 Å². The molecule has 9 rings (SSSR count). The third-order valence-electron chi connectivity index (χ3n) is 8.86. The van der Waals surface area contributed by atoms with Crippen molar-refractivity contribution in [3.05, 3.63) is 169 Å². The first-order valence-corrected chi connectivity index (χ1v) is 15.4. The first kappa shape index (κ1) is 26.3. The molecule has 46 heavy (non-hydrogen) atoms. The molecule has 218 valence electrons. The monoisotopic (exact) mass is 592 g/mol. The Kier molecular flexibility index (Phi) is 6.16. The van der Waals surface area contributed by atoms with Gasteiger partial charge < -0.3 is 0 Å². The summed E-state index contributed by atoms with van der Waals surface area (Å²) in [7, 11) is 0. The van der Waals surface area contributed by atoms with E-state index in [1.807, 2.05) is 37.2 Å². The van der Waals surface area contributed by atoms with Gasteiger partial charge in [-0.15, -0.1) is 0 Å². The molecule has 9 aromatic rings. The SMILES string of the molecule is c1ccc2c(c1)c1cnccc1n2-c1ccc(Cc2ccc(Cc3ccc(-n4c5ccccc5c5cnccc54)nc3)cc2)cn1. The zero-order valence-electron chi connectivity index (χ0n) is 25.0. The van der Waals surface area contributed by atoms with Gasteiger partial charge in [-0.05, 0) is 71.5 Å². The molecule has 0 N–H and O–H groups in total. The van der Waals surface area contributed by atoms with Crippen molar-refractivity contribution in [2.75, 3.05) is 0 Å². The highest BCUT2D eigenvalue weighted by molar-refractivity contribution is 6.09. The van der Waals surface area contributed by atoms with Crippen LogP contribution in [0, 0.1) is 0 Å². The molecule has 0 amide bonds. The first-order chi connectivity index (χ1) is 22.8. The van der Waals surface area contributed by atoms with Gasteiger partial charge in [-0.25, -0.2) is 9.97 Å². The van der Waals surface area contributed by atoms with Crippen molar-refractivity contribution in [3.63, 3.8) is 0 Å². The van der Waals surface area contributed by atoms with Crippen LogP contribution in [-0.2, 0) is 12.8 Å². The van der Waals surface area contributed by atoms with Gasteiger partial charge in [0.05, 0.1) is 22.1 Å². The lowest BCUT2D eigenvalue weighted by atomic mass is 10.0. The fourth-order valence-electron chi connectivity index (χ4n) is 6.68. The van der Waals surface area contributed by atoms with Crippen molar-refractivity contribution >= 4 is 43.6 Å². The minimum absolute atomic E-state index is 0.829. The molecule has 0 bridgehead atoms. The summed E-state index contributed by atoms with van der Waals surface area (Å²) in [4.78, 5) is 18.5. The van der Waals surface area contributed by atoms with Gasteiger partial charge in [-0.3, -0.25) is 19.1 Å². The van der Waals surface area contributed by atoms with Crippen LogP contribution in [0.2, 0.25) is 0 Å². The number of rotatable bonds is 6. The summed E-state index contributed by atoms with van der Waals surface area (Å²) in [5, 5.41) is 4.64. The smallest absolute Gasteiger partial charge is 0.137 e. The molecule has 0 unspecified atom stereocenters. The number of fused-ring (bicyclic) bond motifs is 6. The van der Waals surface area contributed by atoms with E-state index in [1.165, 1.54) is 33.0 Å². The summed E-state index contributed by atoms with van der Waals surface area (Å²) in [6, 6.07) is 38.4. The minimum atomic E-state index is 0.829. The number of nitrogens with zero attached hydrogens (tertiary/aromatic N) is 6. The Morgan fingerprint density at radius 3 is 1.22 bits per heavy atom. The van der Waals surface area contributed by atoms with E-state index in [2.05, 4.69) is 128 Å². The lowest BCUT2D eigenvalue weighted by molar-refractivity contribution is 1.04. The second-order valence-corrected chi connectivity index (χ2v) is 11.7. The normalized spacial score (nSPS) is 11.7. The van der Waals surface area contributed by atoms with Crippen LogP contribution in [0.4, 0.5) is 0 Å². The summed E-state index contributed by atoms with van der Waals surface area (Å²) in [5.41, 5.74) is 9.37. The average molecular weight is 593 g/mol. The largest absolute Gasteiger partial charge is 0.294 e. The quantitative estimate of drug-likeness (QED) is 0.194. The maximum Gasteiger partial charge on any atom is 0.137 e. The van der Waals surface area contributed by atoms with Gasteiger partial charge in [-0.1, -0.05) is 72.8 Å². The van der Waals surface area contributed by atoms with Gasteiger partial charge in [0.2, 0.25) is 0 Å². The van der Waals surface area contributed by atoms with E-state index in [1.54, 1.807) is 0 Å². The number of aromatic nitrogens is 6. The van der Waals surface area contributed by atoms with Crippen LogP contribution in [0.25, 0.3) is 55.2 Å². The summed E-state index contributed by atoms with van der Waals surface area (Å²) in [5.74, 6) is 1.82. The van der Waals surface area contributed by atoms with Gasteiger partial charge in [0.15, 0.2) is 0 Å². The fourth-order valence-corrected chi connectivity index (χ4v) is 6.68. The molecule has 0 aliphatic rings. The Balaban J connectivity index is 0.920.